The summed E-state index contributed by atoms with van der Waals surface area (Å²) in [7, 11) is 0. The van der Waals surface area contributed by atoms with E-state index in [4.69, 9.17) is 0 Å². The second kappa shape index (κ2) is 5.70. The summed E-state index contributed by atoms with van der Waals surface area (Å²) < 4.78 is 1.07. The minimum atomic E-state index is -0.206. The Labute approximate surface area is 127 Å². The number of hydrogen-bond acceptors (Lipinski definition) is 3. The van der Waals surface area contributed by atoms with E-state index in [0.717, 1.165) is 33.9 Å². The molecule has 1 aliphatic carbocycles. The Hall–Kier alpha value is -1.13. The van der Waals surface area contributed by atoms with Gasteiger partial charge in [0.1, 0.15) is 5.82 Å². The zero-order chi connectivity index (χ0) is 14.0. The number of nitrogens with one attached hydrogen (secondary N) is 1. The number of pyridine rings is 1. The average molecular weight is 335 g/mol. The fraction of sp³-hybridized carbons (Fsp3) is 0.438. The second-order valence-corrected chi connectivity index (χ2v) is 6.47. The smallest absolute Gasteiger partial charge is 0.134 e. The van der Waals surface area contributed by atoms with Crippen LogP contribution in [0.5, 0.6) is 0 Å². The van der Waals surface area contributed by atoms with Gasteiger partial charge in [0.05, 0.1) is 12.1 Å². The highest BCUT2D eigenvalue weighted by Crippen LogP contribution is 2.34. The topological polar surface area (TPSA) is 45.1 Å². The molecule has 1 saturated carbocycles. The number of hydrogen-bond donors (Lipinski definition) is 2. The first-order chi connectivity index (χ1) is 9.74. The lowest BCUT2D eigenvalue weighted by Crippen LogP contribution is -2.44. The third-order valence-corrected chi connectivity index (χ3v) is 4.94. The molecule has 1 aliphatic rings. The van der Waals surface area contributed by atoms with Crippen molar-refractivity contribution in [1.29, 1.82) is 0 Å². The van der Waals surface area contributed by atoms with E-state index in [-0.39, 0.29) is 12.1 Å². The van der Waals surface area contributed by atoms with Crippen LogP contribution in [-0.2, 0) is 0 Å². The quantitative estimate of drug-likeness (QED) is 0.887. The van der Waals surface area contributed by atoms with Crippen molar-refractivity contribution < 1.29 is 5.11 Å². The van der Waals surface area contributed by atoms with E-state index in [2.05, 4.69) is 32.3 Å². The summed E-state index contributed by atoms with van der Waals surface area (Å²) in [6.45, 7) is 0.166. The maximum Gasteiger partial charge on any atom is 0.134 e. The second-order valence-electron chi connectivity index (χ2n) is 5.62. The average Bonchev–Trinajstić information content (AvgIpc) is 2.49. The zero-order valence-electron chi connectivity index (χ0n) is 11.4. The summed E-state index contributed by atoms with van der Waals surface area (Å²) in [5.74, 6) is 0.875. The lowest BCUT2D eigenvalue weighted by Gasteiger charge is -2.37. The normalized spacial score (nSPS) is 18.1. The van der Waals surface area contributed by atoms with Gasteiger partial charge in [-0.2, -0.15) is 0 Å². The molecule has 3 rings (SSSR count). The van der Waals surface area contributed by atoms with Crippen LogP contribution in [0.4, 0.5) is 5.82 Å². The molecule has 0 bridgehead atoms. The highest BCUT2D eigenvalue weighted by molar-refractivity contribution is 9.10. The molecule has 1 heterocycles. The summed E-state index contributed by atoms with van der Waals surface area (Å²) in [5, 5.41) is 15.6. The van der Waals surface area contributed by atoms with Gasteiger partial charge in [-0.1, -0.05) is 47.3 Å². The van der Waals surface area contributed by atoms with Crippen LogP contribution < -0.4 is 5.32 Å². The number of halogens is 1. The number of nitrogens with zero attached hydrogens (tertiary/aromatic N) is 1. The van der Waals surface area contributed by atoms with E-state index in [1.54, 1.807) is 0 Å². The van der Waals surface area contributed by atoms with Crippen molar-refractivity contribution in [1.82, 2.24) is 4.98 Å². The van der Waals surface area contributed by atoms with Crippen LogP contribution in [0.1, 0.15) is 32.1 Å². The molecule has 1 aromatic carbocycles. The zero-order valence-corrected chi connectivity index (χ0v) is 13.0. The number of anilines is 1. The lowest BCUT2D eigenvalue weighted by molar-refractivity contribution is 0.172. The predicted octanol–water partition coefficient (Wildman–Crippen LogP) is 4.10. The molecule has 4 heteroatoms. The van der Waals surface area contributed by atoms with Crippen LogP contribution >= 0.6 is 15.9 Å². The Balaban J connectivity index is 2.00. The molecule has 1 aromatic heterocycles. The summed E-state index contributed by atoms with van der Waals surface area (Å²) in [5.41, 5.74) is -0.206. The molecule has 0 atom stereocenters. The van der Waals surface area contributed by atoms with E-state index in [1.165, 1.54) is 19.3 Å². The highest BCUT2D eigenvalue weighted by atomic mass is 79.9. The number of fused-ring (bicyclic) bond motifs is 1. The molecule has 20 heavy (non-hydrogen) atoms. The largest absolute Gasteiger partial charge is 0.394 e. The van der Waals surface area contributed by atoms with Crippen molar-refractivity contribution in [2.24, 2.45) is 0 Å². The SMILES string of the molecule is OCC1(Nc2nccc3c(Br)cccc23)CCCCC1. The molecular formula is C16H19BrN2O. The van der Waals surface area contributed by atoms with Gasteiger partial charge < -0.3 is 10.4 Å². The molecule has 2 aromatic rings. The van der Waals surface area contributed by atoms with Crippen LogP contribution in [0.2, 0.25) is 0 Å². The minimum absolute atomic E-state index is 0.166. The Morgan fingerprint density at radius 1 is 1.15 bits per heavy atom. The number of aromatic nitrogens is 1. The fourth-order valence-electron chi connectivity index (χ4n) is 3.07. The lowest BCUT2D eigenvalue weighted by atomic mass is 9.82. The maximum absolute atomic E-state index is 9.83. The Bertz CT molecular complexity index is 608. The van der Waals surface area contributed by atoms with Crippen LogP contribution in [0, 0.1) is 0 Å². The van der Waals surface area contributed by atoms with E-state index in [0.29, 0.717) is 0 Å². The molecule has 0 amide bonds. The first-order valence-electron chi connectivity index (χ1n) is 7.16. The maximum atomic E-state index is 9.83. The van der Waals surface area contributed by atoms with E-state index < -0.39 is 0 Å². The van der Waals surface area contributed by atoms with Crippen molar-refractivity contribution in [3.8, 4) is 0 Å². The summed E-state index contributed by atoms with van der Waals surface area (Å²) >= 11 is 3.58. The molecule has 0 spiro atoms. The molecule has 0 radical (unpaired) electrons. The Morgan fingerprint density at radius 2 is 1.95 bits per heavy atom. The Morgan fingerprint density at radius 3 is 2.70 bits per heavy atom. The van der Waals surface area contributed by atoms with E-state index in [9.17, 15) is 5.11 Å². The first-order valence-corrected chi connectivity index (χ1v) is 7.96. The molecule has 106 valence electrons. The molecular weight excluding hydrogens is 316 g/mol. The highest BCUT2D eigenvalue weighted by Gasteiger charge is 2.31. The first kappa shape index (κ1) is 13.8. The number of aliphatic hydroxyl groups excluding tert-OH is 1. The van der Waals surface area contributed by atoms with E-state index >= 15 is 0 Å². The van der Waals surface area contributed by atoms with Gasteiger partial charge in [-0.25, -0.2) is 4.98 Å². The molecule has 0 aliphatic heterocycles. The van der Waals surface area contributed by atoms with Gasteiger partial charge in [0.2, 0.25) is 0 Å². The van der Waals surface area contributed by atoms with Gasteiger partial charge in [-0.05, 0) is 25.0 Å². The predicted molar refractivity (Wildman–Crippen MR) is 86.0 cm³/mol. The van der Waals surface area contributed by atoms with Crippen LogP contribution in [-0.4, -0.2) is 22.2 Å². The fourth-order valence-corrected chi connectivity index (χ4v) is 3.57. The molecule has 0 saturated heterocycles. The van der Waals surface area contributed by atoms with Gasteiger partial charge in [0, 0.05) is 21.4 Å². The van der Waals surface area contributed by atoms with Crippen molar-refractivity contribution in [3.63, 3.8) is 0 Å². The van der Waals surface area contributed by atoms with Crippen LogP contribution in [0.15, 0.2) is 34.9 Å². The summed E-state index contributed by atoms with van der Waals surface area (Å²) in [4.78, 5) is 4.49. The molecule has 2 N–H and O–H groups in total. The van der Waals surface area contributed by atoms with Gasteiger partial charge >= 0.3 is 0 Å². The third-order valence-electron chi connectivity index (χ3n) is 4.25. The van der Waals surface area contributed by atoms with Crippen molar-refractivity contribution in [2.45, 2.75) is 37.6 Å². The third kappa shape index (κ3) is 2.54. The van der Waals surface area contributed by atoms with E-state index in [1.807, 2.05) is 24.4 Å². The minimum Gasteiger partial charge on any atom is -0.394 e. The monoisotopic (exact) mass is 334 g/mol. The van der Waals surface area contributed by atoms with Gasteiger partial charge in [-0.15, -0.1) is 0 Å². The Kier molecular flexibility index (Phi) is 3.94. The number of rotatable bonds is 3. The molecule has 1 fully saturated rings. The van der Waals surface area contributed by atoms with Gasteiger partial charge in [0.25, 0.3) is 0 Å². The summed E-state index contributed by atoms with van der Waals surface area (Å²) in [6, 6.07) is 8.14. The van der Waals surface area contributed by atoms with Crippen molar-refractivity contribution >= 4 is 32.5 Å². The van der Waals surface area contributed by atoms with Crippen molar-refractivity contribution in [3.05, 3.63) is 34.9 Å². The molecule has 0 unspecified atom stereocenters. The number of aliphatic hydroxyl groups is 1. The van der Waals surface area contributed by atoms with Gasteiger partial charge in [0.15, 0.2) is 0 Å². The van der Waals surface area contributed by atoms with Crippen LogP contribution in [0.3, 0.4) is 0 Å². The van der Waals surface area contributed by atoms with Crippen molar-refractivity contribution in [2.75, 3.05) is 11.9 Å². The molecule has 3 nitrogen and oxygen atoms in total. The standard InChI is InChI=1S/C16H19BrN2O/c17-14-6-4-5-13-12(14)7-10-18-15(13)19-16(11-20)8-2-1-3-9-16/h4-7,10,20H,1-3,8-9,11H2,(H,18,19). The van der Waals surface area contributed by atoms with Gasteiger partial charge in [-0.3, -0.25) is 0 Å². The summed E-state index contributed by atoms with van der Waals surface area (Å²) in [6.07, 6.45) is 7.44. The van der Waals surface area contributed by atoms with Crippen LogP contribution in [0.25, 0.3) is 10.8 Å². The number of benzene rings is 1.